The van der Waals surface area contributed by atoms with Gasteiger partial charge in [-0.05, 0) is 30.9 Å². The van der Waals surface area contributed by atoms with Gasteiger partial charge < -0.3 is 4.57 Å². The number of aryl methyl sites for hydroxylation is 1. The number of nitrogens with zero attached hydrogens (tertiary/aromatic N) is 2. The summed E-state index contributed by atoms with van der Waals surface area (Å²) in [6.07, 6.45) is 4.58. The summed E-state index contributed by atoms with van der Waals surface area (Å²) < 4.78 is 2.19. The molecule has 1 saturated carbocycles. The Labute approximate surface area is 107 Å². The third-order valence-corrected chi connectivity index (χ3v) is 4.01. The first-order valence-electron chi connectivity index (χ1n) is 6.66. The topological polar surface area (TPSA) is 34.9 Å². The van der Waals surface area contributed by atoms with Crippen molar-refractivity contribution >= 4 is 16.8 Å². The van der Waals surface area contributed by atoms with Crippen molar-refractivity contribution in [2.24, 2.45) is 13.0 Å². The molecule has 0 unspecified atom stereocenters. The lowest BCUT2D eigenvalue weighted by Crippen LogP contribution is -2.17. The Hall–Kier alpha value is -1.64. The molecular formula is C15H18N2O. The fourth-order valence-electron chi connectivity index (χ4n) is 2.84. The Balaban J connectivity index is 1.82. The molecule has 3 rings (SSSR count). The van der Waals surface area contributed by atoms with Crippen LogP contribution in [0.4, 0.5) is 0 Å². The molecule has 1 fully saturated rings. The molecule has 3 heteroatoms. The Kier molecular flexibility index (Phi) is 2.90. The van der Waals surface area contributed by atoms with E-state index in [4.69, 9.17) is 4.98 Å². The molecule has 0 atom stereocenters. The molecule has 0 N–H and O–H groups in total. The number of carbonyl (C=O) groups is 1. The quantitative estimate of drug-likeness (QED) is 0.811. The van der Waals surface area contributed by atoms with Crippen molar-refractivity contribution in [3.8, 4) is 0 Å². The van der Waals surface area contributed by atoms with Gasteiger partial charge in [-0.1, -0.05) is 12.1 Å². The minimum atomic E-state index is 0.427. The molecule has 1 aliphatic rings. The van der Waals surface area contributed by atoms with Crippen molar-refractivity contribution in [2.75, 3.05) is 0 Å². The highest BCUT2D eigenvalue weighted by Gasteiger charge is 2.20. The van der Waals surface area contributed by atoms with Crippen LogP contribution in [0, 0.1) is 5.92 Å². The van der Waals surface area contributed by atoms with Crippen LogP contribution in [0.15, 0.2) is 24.3 Å². The van der Waals surface area contributed by atoms with Gasteiger partial charge in [0.1, 0.15) is 11.6 Å². The summed E-state index contributed by atoms with van der Waals surface area (Å²) in [5, 5.41) is 0. The predicted molar refractivity (Wildman–Crippen MR) is 71.4 cm³/mol. The van der Waals surface area contributed by atoms with E-state index in [-0.39, 0.29) is 0 Å². The third kappa shape index (κ3) is 2.05. The van der Waals surface area contributed by atoms with Gasteiger partial charge in [-0.15, -0.1) is 0 Å². The molecule has 1 aromatic carbocycles. The maximum absolute atomic E-state index is 11.2. The summed E-state index contributed by atoms with van der Waals surface area (Å²) in [6.45, 7) is 0. The molecule has 0 bridgehead atoms. The SMILES string of the molecule is Cn1c(CC2CCC(=O)CC2)nc2ccccc21. The van der Waals surface area contributed by atoms with Gasteiger partial charge in [-0.2, -0.15) is 0 Å². The largest absolute Gasteiger partial charge is 0.331 e. The van der Waals surface area contributed by atoms with E-state index < -0.39 is 0 Å². The van der Waals surface area contributed by atoms with Crippen LogP contribution in [0.1, 0.15) is 31.5 Å². The molecule has 1 aromatic heterocycles. The number of para-hydroxylation sites is 2. The summed E-state index contributed by atoms with van der Waals surface area (Å²) >= 11 is 0. The maximum atomic E-state index is 11.2. The lowest BCUT2D eigenvalue weighted by molar-refractivity contribution is -0.121. The van der Waals surface area contributed by atoms with Crippen molar-refractivity contribution in [1.82, 2.24) is 9.55 Å². The Morgan fingerprint density at radius 2 is 2.00 bits per heavy atom. The smallest absolute Gasteiger partial charge is 0.132 e. The predicted octanol–water partition coefficient (Wildman–Crippen LogP) is 2.88. The zero-order valence-electron chi connectivity index (χ0n) is 10.7. The van der Waals surface area contributed by atoms with Crippen LogP contribution < -0.4 is 0 Å². The van der Waals surface area contributed by atoms with Gasteiger partial charge in [0.2, 0.25) is 0 Å². The minimum absolute atomic E-state index is 0.427. The van der Waals surface area contributed by atoms with Crippen LogP contribution in [0.5, 0.6) is 0 Å². The highest BCUT2D eigenvalue weighted by molar-refractivity contribution is 5.79. The number of aromatic nitrogens is 2. The number of Topliss-reactive ketones (excluding diaryl/α,β-unsaturated/α-hetero) is 1. The summed E-state index contributed by atoms with van der Waals surface area (Å²) in [7, 11) is 2.08. The van der Waals surface area contributed by atoms with Crippen molar-refractivity contribution < 1.29 is 4.79 Å². The van der Waals surface area contributed by atoms with Crippen LogP contribution in [0.3, 0.4) is 0 Å². The molecule has 0 aliphatic heterocycles. The van der Waals surface area contributed by atoms with Gasteiger partial charge in [-0.25, -0.2) is 4.98 Å². The summed E-state index contributed by atoms with van der Waals surface area (Å²) in [5.41, 5.74) is 2.27. The van der Waals surface area contributed by atoms with E-state index >= 15 is 0 Å². The second-order valence-corrected chi connectivity index (χ2v) is 5.26. The van der Waals surface area contributed by atoms with Gasteiger partial charge >= 0.3 is 0 Å². The molecule has 1 heterocycles. The molecule has 18 heavy (non-hydrogen) atoms. The van der Waals surface area contributed by atoms with Gasteiger partial charge in [-0.3, -0.25) is 4.79 Å². The average molecular weight is 242 g/mol. The second-order valence-electron chi connectivity index (χ2n) is 5.26. The lowest BCUT2D eigenvalue weighted by Gasteiger charge is -2.20. The van der Waals surface area contributed by atoms with Crippen LogP contribution in [-0.4, -0.2) is 15.3 Å². The minimum Gasteiger partial charge on any atom is -0.331 e. The summed E-state index contributed by atoms with van der Waals surface area (Å²) in [5.74, 6) is 2.20. The second kappa shape index (κ2) is 4.56. The Morgan fingerprint density at radius 3 is 2.72 bits per heavy atom. The van der Waals surface area contributed by atoms with E-state index in [1.165, 1.54) is 5.52 Å². The molecular weight excluding hydrogens is 224 g/mol. The first-order chi connectivity index (χ1) is 8.74. The van der Waals surface area contributed by atoms with E-state index in [1.54, 1.807) is 0 Å². The van der Waals surface area contributed by atoms with E-state index in [1.807, 2.05) is 12.1 Å². The molecule has 3 nitrogen and oxygen atoms in total. The number of ketones is 1. The zero-order valence-corrected chi connectivity index (χ0v) is 10.7. The van der Waals surface area contributed by atoms with Gasteiger partial charge in [0.25, 0.3) is 0 Å². The first-order valence-corrected chi connectivity index (χ1v) is 6.66. The lowest BCUT2D eigenvalue weighted by atomic mass is 9.86. The van der Waals surface area contributed by atoms with Crippen LogP contribution in [-0.2, 0) is 18.3 Å². The molecule has 0 radical (unpaired) electrons. The van der Waals surface area contributed by atoms with Crippen LogP contribution in [0.2, 0.25) is 0 Å². The van der Waals surface area contributed by atoms with Gasteiger partial charge in [0.05, 0.1) is 11.0 Å². The molecule has 1 aliphatic carbocycles. The highest BCUT2D eigenvalue weighted by atomic mass is 16.1. The normalized spacial score (nSPS) is 17.5. The molecule has 0 amide bonds. The first kappa shape index (κ1) is 11.5. The molecule has 0 saturated heterocycles. The number of hydrogen-bond donors (Lipinski definition) is 0. The number of fused-ring (bicyclic) bond motifs is 1. The number of imidazole rings is 1. The highest BCUT2D eigenvalue weighted by Crippen LogP contribution is 2.26. The number of benzene rings is 1. The van der Waals surface area contributed by atoms with Crippen molar-refractivity contribution in [1.29, 1.82) is 0 Å². The monoisotopic (exact) mass is 242 g/mol. The zero-order chi connectivity index (χ0) is 12.5. The summed E-state index contributed by atoms with van der Waals surface area (Å²) in [6, 6.07) is 8.24. The van der Waals surface area contributed by atoms with Crippen molar-refractivity contribution in [3.05, 3.63) is 30.1 Å². The Bertz CT molecular complexity index is 575. The Morgan fingerprint density at radius 1 is 1.28 bits per heavy atom. The fourth-order valence-corrected chi connectivity index (χ4v) is 2.84. The maximum Gasteiger partial charge on any atom is 0.132 e. The molecule has 2 aromatic rings. The average Bonchev–Trinajstić information content (AvgIpc) is 2.70. The molecule has 0 spiro atoms. The van der Waals surface area contributed by atoms with Crippen LogP contribution >= 0.6 is 0 Å². The third-order valence-electron chi connectivity index (χ3n) is 4.01. The van der Waals surface area contributed by atoms with Crippen LogP contribution in [0.25, 0.3) is 11.0 Å². The van der Waals surface area contributed by atoms with E-state index in [0.29, 0.717) is 11.7 Å². The summed E-state index contributed by atoms with van der Waals surface area (Å²) in [4.78, 5) is 16.0. The number of hydrogen-bond acceptors (Lipinski definition) is 2. The van der Waals surface area contributed by atoms with E-state index in [2.05, 4.69) is 23.7 Å². The van der Waals surface area contributed by atoms with Crippen molar-refractivity contribution in [2.45, 2.75) is 32.1 Å². The fraction of sp³-hybridized carbons (Fsp3) is 0.467. The molecule has 94 valence electrons. The number of carbonyl (C=O) groups excluding carboxylic acids is 1. The number of rotatable bonds is 2. The van der Waals surface area contributed by atoms with Gasteiger partial charge in [0.15, 0.2) is 0 Å². The van der Waals surface area contributed by atoms with Gasteiger partial charge in [0, 0.05) is 26.3 Å². The van der Waals surface area contributed by atoms with E-state index in [9.17, 15) is 4.79 Å². The van der Waals surface area contributed by atoms with Crippen molar-refractivity contribution in [3.63, 3.8) is 0 Å². The van der Waals surface area contributed by atoms with E-state index in [0.717, 1.165) is 43.4 Å². The standard InChI is InChI=1S/C15H18N2O/c1-17-14-5-3-2-4-13(14)16-15(17)10-11-6-8-12(18)9-7-11/h2-5,11H,6-10H2,1H3.